The first-order valence-electron chi connectivity index (χ1n) is 18.0. The number of ether oxygens (including phenoxy) is 1. The normalized spacial score (nSPS) is 13.1. The number of rotatable bonds is 4. The lowest BCUT2D eigenvalue weighted by molar-refractivity contribution is 0.436. The summed E-state index contributed by atoms with van der Waals surface area (Å²) in [7, 11) is 0. The first kappa shape index (κ1) is 30.3. The fourth-order valence-corrected chi connectivity index (χ4v) is 8.42. The van der Waals surface area contributed by atoms with Gasteiger partial charge in [0.1, 0.15) is 11.5 Å². The molecule has 2 aliphatic rings. The quantitative estimate of drug-likeness (QED) is 0.183. The second kappa shape index (κ2) is 11.9. The summed E-state index contributed by atoms with van der Waals surface area (Å²) in [5, 5.41) is 0. The van der Waals surface area contributed by atoms with Crippen LogP contribution in [0, 0.1) is 0 Å². The van der Waals surface area contributed by atoms with Gasteiger partial charge in [0.15, 0.2) is 17.5 Å². The lowest BCUT2D eigenvalue weighted by Crippen LogP contribution is -2.32. The molecule has 54 heavy (non-hydrogen) atoms. The van der Waals surface area contributed by atoms with Gasteiger partial charge in [-0.05, 0) is 46.5 Å². The molecular formula is C48H29N5O. The monoisotopic (exact) mass is 691 g/mol. The van der Waals surface area contributed by atoms with Gasteiger partial charge in [0.2, 0.25) is 0 Å². The van der Waals surface area contributed by atoms with Gasteiger partial charge >= 0.3 is 0 Å². The third-order valence-electron chi connectivity index (χ3n) is 10.6. The van der Waals surface area contributed by atoms with Gasteiger partial charge in [0.05, 0.1) is 28.3 Å². The summed E-state index contributed by atoms with van der Waals surface area (Å²) in [6, 6.07) is 58.1. The summed E-state index contributed by atoms with van der Waals surface area (Å²) in [5.74, 6) is 3.47. The van der Waals surface area contributed by atoms with Gasteiger partial charge in [-0.15, -0.1) is 0 Å². The fraction of sp³-hybridized carbons (Fsp3) is 0.0208. The number of hydrogen-bond donors (Lipinski definition) is 0. The fourth-order valence-electron chi connectivity index (χ4n) is 8.42. The molecular weight excluding hydrogens is 663 g/mol. The molecule has 1 spiro atoms. The maximum absolute atomic E-state index is 6.68. The van der Waals surface area contributed by atoms with Crippen molar-refractivity contribution >= 4 is 11.0 Å². The summed E-state index contributed by atoms with van der Waals surface area (Å²) >= 11 is 0. The molecule has 0 saturated carbocycles. The van der Waals surface area contributed by atoms with Crippen LogP contribution in [0.3, 0.4) is 0 Å². The lowest BCUT2D eigenvalue weighted by Gasteiger charge is -2.40. The van der Waals surface area contributed by atoms with Gasteiger partial charge in [-0.25, -0.2) is 19.9 Å². The molecule has 0 saturated heterocycles. The molecule has 1 aliphatic heterocycles. The molecule has 6 nitrogen and oxygen atoms in total. The number of fused-ring (bicyclic) bond motifs is 10. The Morgan fingerprint density at radius 3 is 1.59 bits per heavy atom. The highest BCUT2D eigenvalue weighted by Crippen LogP contribution is 2.64. The van der Waals surface area contributed by atoms with Crippen LogP contribution in [0.1, 0.15) is 22.3 Å². The van der Waals surface area contributed by atoms with E-state index in [4.69, 9.17) is 29.7 Å². The van der Waals surface area contributed by atoms with E-state index in [1.165, 1.54) is 0 Å². The highest BCUT2D eigenvalue weighted by Gasteiger charge is 2.53. The van der Waals surface area contributed by atoms with Crippen molar-refractivity contribution < 1.29 is 4.74 Å². The Kier molecular flexibility index (Phi) is 6.67. The van der Waals surface area contributed by atoms with E-state index in [1.54, 1.807) is 0 Å². The van der Waals surface area contributed by atoms with Gasteiger partial charge in [-0.1, -0.05) is 146 Å². The Labute approximate surface area is 311 Å². The van der Waals surface area contributed by atoms with E-state index in [0.717, 1.165) is 83.9 Å². The predicted octanol–water partition coefficient (Wildman–Crippen LogP) is 11.0. The molecule has 1 aliphatic carbocycles. The van der Waals surface area contributed by atoms with Crippen LogP contribution in [-0.4, -0.2) is 24.9 Å². The van der Waals surface area contributed by atoms with Gasteiger partial charge in [-0.3, -0.25) is 4.98 Å². The van der Waals surface area contributed by atoms with E-state index in [1.807, 2.05) is 103 Å². The molecule has 0 radical (unpaired) electrons. The number of benzene rings is 7. The van der Waals surface area contributed by atoms with Crippen LogP contribution in [0.15, 0.2) is 176 Å². The molecule has 0 bridgehead atoms. The Bertz CT molecular complexity index is 2820. The van der Waals surface area contributed by atoms with Crippen molar-refractivity contribution in [2.45, 2.75) is 5.41 Å². The molecule has 252 valence electrons. The third-order valence-corrected chi connectivity index (χ3v) is 10.6. The minimum absolute atomic E-state index is 0.604. The summed E-state index contributed by atoms with van der Waals surface area (Å²) in [6.45, 7) is 0. The third kappa shape index (κ3) is 4.43. The smallest absolute Gasteiger partial charge is 0.164 e. The minimum atomic E-state index is -0.756. The van der Waals surface area contributed by atoms with Crippen LogP contribution in [-0.2, 0) is 5.41 Å². The summed E-state index contributed by atoms with van der Waals surface area (Å²) in [4.78, 5) is 25.5. The molecule has 6 heteroatoms. The van der Waals surface area contributed by atoms with Crippen molar-refractivity contribution in [3.8, 4) is 68.0 Å². The molecule has 0 atom stereocenters. The number of hydrogen-bond acceptors (Lipinski definition) is 6. The largest absolute Gasteiger partial charge is 0.457 e. The van der Waals surface area contributed by atoms with Crippen LogP contribution in [0.5, 0.6) is 11.5 Å². The average Bonchev–Trinajstić information content (AvgIpc) is 3.55. The van der Waals surface area contributed by atoms with E-state index in [0.29, 0.717) is 17.5 Å². The predicted molar refractivity (Wildman–Crippen MR) is 212 cm³/mol. The summed E-state index contributed by atoms with van der Waals surface area (Å²) < 4.78 is 6.68. The van der Waals surface area contributed by atoms with Crippen molar-refractivity contribution in [2.24, 2.45) is 0 Å². The molecule has 0 unspecified atom stereocenters. The lowest BCUT2D eigenvalue weighted by atomic mass is 9.65. The van der Waals surface area contributed by atoms with Crippen molar-refractivity contribution in [2.75, 3.05) is 0 Å². The maximum atomic E-state index is 6.68. The van der Waals surface area contributed by atoms with E-state index < -0.39 is 5.41 Å². The van der Waals surface area contributed by atoms with Crippen molar-refractivity contribution in [1.29, 1.82) is 0 Å². The van der Waals surface area contributed by atoms with E-state index in [9.17, 15) is 0 Å². The first-order chi connectivity index (χ1) is 26.8. The average molecular weight is 692 g/mol. The highest BCUT2D eigenvalue weighted by molar-refractivity contribution is 5.99. The molecule has 0 fully saturated rings. The van der Waals surface area contributed by atoms with E-state index in [-0.39, 0.29) is 0 Å². The molecule has 3 heterocycles. The second-order valence-electron chi connectivity index (χ2n) is 13.6. The number of nitrogens with zero attached hydrogens (tertiary/aromatic N) is 5. The Morgan fingerprint density at radius 2 is 0.907 bits per heavy atom. The minimum Gasteiger partial charge on any atom is -0.457 e. The zero-order valence-corrected chi connectivity index (χ0v) is 28.9. The van der Waals surface area contributed by atoms with E-state index in [2.05, 4.69) is 72.8 Å². The van der Waals surface area contributed by atoms with Gasteiger partial charge < -0.3 is 4.74 Å². The topological polar surface area (TPSA) is 73.7 Å². The molecule has 2 aromatic heterocycles. The zero-order chi connectivity index (χ0) is 35.6. The molecule has 0 amide bonds. The van der Waals surface area contributed by atoms with Crippen LogP contribution in [0.2, 0.25) is 0 Å². The van der Waals surface area contributed by atoms with Gasteiger partial charge in [0.25, 0.3) is 0 Å². The summed E-state index contributed by atoms with van der Waals surface area (Å²) in [6.07, 6.45) is 1.90. The maximum Gasteiger partial charge on any atom is 0.164 e. The van der Waals surface area contributed by atoms with Crippen LogP contribution in [0.4, 0.5) is 0 Å². The van der Waals surface area contributed by atoms with Gasteiger partial charge in [0, 0.05) is 33.4 Å². The highest BCUT2D eigenvalue weighted by atomic mass is 16.5. The summed E-state index contributed by atoms with van der Waals surface area (Å²) in [5.41, 5.74) is 12.1. The van der Waals surface area contributed by atoms with Crippen molar-refractivity contribution in [3.63, 3.8) is 0 Å². The SMILES string of the molecule is c1ccc(-c2nc(-c3ccccc3)nc(-c3cccc4c3-c3cccc(-c5cnc6ccccc6n5)c3C43c4ccccc4Oc4ccccc43)n2)cc1. The van der Waals surface area contributed by atoms with Crippen molar-refractivity contribution in [3.05, 3.63) is 198 Å². The Balaban J connectivity index is 1.26. The molecule has 7 aromatic carbocycles. The van der Waals surface area contributed by atoms with E-state index >= 15 is 0 Å². The van der Waals surface area contributed by atoms with Crippen LogP contribution in [0.25, 0.3) is 67.6 Å². The first-order valence-corrected chi connectivity index (χ1v) is 18.0. The van der Waals surface area contributed by atoms with Crippen molar-refractivity contribution in [1.82, 2.24) is 24.9 Å². The molecule has 11 rings (SSSR count). The second-order valence-corrected chi connectivity index (χ2v) is 13.6. The number of para-hydroxylation sites is 4. The van der Waals surface area contributed by atoms with Crippen LogP contribution < -0.4 is 4.74 Å². The Morgan fingerprint density at radius 1 is 0.389 bits per heavy atom. The number of aromatic nitrogens is 5. The molecule has 0 N–H and O–H groups in total. The zero-order valence-electron chi connectivity index (χ0n) is 28.9. The van der Waals surface area contributed by atoms with Crippen LogP contribution >= 0.6 is 0 Å². The standard InChI is InChI=1S/C48H29N5O/c1-3-15-30(16-4-1)45-51-46(31-17-5-2-6-18-31)53-47(52-45)34-21-14-24-37-43(34)33-20-13-19-32(40-29-49-38-25-9-10-26-39(38)50-40)44(33)48(37)35-22-7-11-27-41(35)54-42-28-12-8-23-36(42)48/h1-29H. The molecule has 9 aromatic rings. The Hall–Kier alpha value is -7.31. The van der Waals surface area contributed by atoms with Gasteiger partial charge in [-0.2, -0.15) is 0 Å².